The number of carbonyl (C=O) groups is 1. The van der Waals surface area contributed by atoms with Crippen LogP contribution in [-0.2, 0) is 4.74 Å². The summed E-state index contributed by atoms with van der Waals surface area (Å²) in [5, 5.41) is 8.93. The van der Waals surface area contributed by atoms with Gasteiger partial charge in [-0.1, -0.05) is 0 Å². The number of hydrogen-bond acceptors (Lipinski definition) is 6. The van der Waals surface area contributed by atoms with Crippen molar-refractivity contribution in [2.45, 2.75) is 20.8 Å². The van der Waals surface area contributed by atoms with Crippen LogP contribution in [0.3, 0.4) is 0 Å². The van der Waals surface area contributed by atoms with E-state index in [1.54, 1.807) is 6.92 Å². The van der Waals surface area contributed by atoms with Gasteiger partial charge in [0.25, 0.3) is 0 Å². The summed E-state index contributed by atoms with van der Waals surface area (Å²) < 4.78 is 10.0. The summed E-state index contributed by atoms with van der Waals surface area (Å²) in [6.07, 6.45) is 0. The summed E-state index contributed by atoms with van der Waals surface area (Å²) in [4.78, 5) is 17.1. The number of anilines is 1. The van der Waals surface area contributed by atoms with Crippen molar-refractivity contribution >= 4 is 11.9 Å². The number of carbonyl (C=O) groups excluding carboxylic acids is 1. The highest BCUT2D eigenvalue weighted by Gasteiger charge is 2.22. The second-order valence-corrected chi connectivity index (χ2v) is 3.18. The molecule has 0 aromatic carbocycles. The Bertz CT molecular complexity index is 430. The number of hydrogen-bond donors (Lipinski definition) is 0. The smallest absolute Gasteiger partial charge is 0.394 e. The second kappa shape index (κ2) is 5.89. The molecule has 1 aromatic heterocycles. The SMILES string of the molecule is CCOC(=O)c1nc(C#N)c(N(CC)CC)o1. The third kappa shape index (κ3) is 2.75. The van der Waals surface area contributed by atoms with Crippen LogP contribution in [-0.4, -0.2) is 30.6 Å². The first-order valence-corrected chi connectivity index (χ1v) is 5.50. The molecule has 0 N–H and O–H groups in total. The summed E-state index contributed by atoms with van der Waals surface area (Å²) in [6, 6.07) is 1.91. The molecule has 0 bridgehead atoms. The molecule has 0 unspecified atom stereocenters. The lowest BCUT2D eigenvalue weighted by Crippen LogP contribution is -2.22. The molecular weight excluding hydrogens is 222 g/mol. The van der Waals surface area contributed by atoms with Gasteiger partial charge in [0.15, 0.2) is 0 Å². The lowest BCUT2D eigenvalue weighted by atomic mass is 10.4. The number of aromatic nitrogens is 1. The predicted octanol–water partition coefficient (Wildman–Crippen LogP) is 1.57. The van der Waals surface area contributed by atoms with E-state index >= 15 is 0 Å². The van der Waals surface area contributed by atoms with Gasteiger partial charge in [0.1, 0.15) is 6.07 Å². The van der Waals surface area contributed by atoms with Gasteiger partial charge in [-0.15, -0.1) is 0 Å². The molecule has 6 heteroatoms. The Hall–Kier alpha value is -2.03. The number of ether oxygens (including phenoxy) is 1. The molecule has 1 aromatic rings. The Labute approximate surface area is 99.8 Å². The predicted molar refractivity (Wildman–Crippen MR) is 60.7 cm³/mol. The molecule has 0 aliphatic carbocycles. The Morgan fingerprint density at radius 2 is 2.12 bits per heavy atom. The van der Waals surface area contributed by atoms with E-state index in [-0.39, 0.29) is 18.2 Å². The van der Waals surface area contributed by atoms with Crippen molar-refractivity contribution in [1.29, 1.82) is 5.26 Å². The van der Waals surface area contributed by atoms with Crippen LogP contribution in [0.5, 0.6) is 0 Å². The molecule has 17 heavy (non-hydrogen) atoms. The van der Waals surface area contributed by atoms with Crippen LogP contribution in [0.15, 0.2) is 4.42 Å². The summed E-state index contributed by atoms with van der Waals surface area (Å²) in [7, 11) is 0. The van der Waals surface area contributed by atoms with Crippen LogP contribution >= 0.6 is 0 Å². The molecule has 92 valence electrons. The molecule has 1 heterocycles. The van der Waals surface area contributed by atoms with Crippen LogP contribution in [0.2, 0.25) is 0 Å². The molecule has 0 saturated carbocycles. The molecule has 0 aliphatic heterocycles. The third-order valence-electron chi connectivity index (χ3n) is 2.22. The van der Waals surface area contributed by atoms with Gasteiger partial charge in [0.2, 0.25) is 11.6 Å². The van der Waals surface area contributed by atoms with Crippen LogP contribution in [0, 0.1) is 11.3 Å². The number of rotatable bonds is 5. The van der Waals surface area contributed by atoms with Gasteiger partial charge in [-0.25, -0.2) is 4.79 Å². The number of oxazole rings is 1. The molecule has 0 atom stereocenters. The Balaban J connectivity index is 3.07. The summed E-state index contributed by atoms with van der Waals surface area (Å²) in [6.45, 7) is 7.13. The molecule has 6 nitrogen and oxygen atoms in total. The van der Waals surface area contributed by atoms with Crippen molar-refractivity contribution < 1.29 is 13.9 Å². The molecule has 1 rings (SSSR count). The van der Waals surface area contributed by atoms with Crippen molar-refractivity contribution in [3.8, 4) is 6.07 Å². The van der Waals surface area contributed by atoms with Crippen LogP contribution < -0.4 is 4.90 Å². The largest absolute Gasteiger partial charge is 0.459 e. The zero-order chi connectivity index (χ0) is 12.8. The van der Waals surface area contributed by atoms with Crippen molar-refractivity contribution in [3.05, 3.63) is 11.6 Å². The van der Waals surface area contributed by atoms with E-state index in [0.29, 0.717) is 19.0 Å². The minimum absolute atomic E-state index is 0.108. The molecule has 0 radical (unpaired) electrons. The summed E-state index contributed by atoms with van der Waals surface area (Å²) >= 11 is 0. The molecular formula is C11H15N3O3. The van der Waals surface area contributed by atoms with Gasteiger partial charge in [-0.2, -0.15) is 10.2 Å². The first kappa shape index (κ1) is 13.0. The highest BCUT2D eigenvalue weighted by molar-refractivity contribution is 5.85. The Morgan fingerprint density at radius 1 is 1.47 bits per heavy atom. The topological polar surface area (TPSA) is 79.4 Å². The lowest BCUT2D eigenvalue weighted by molar-refractivity contribution is 0.0481. The van der Waals surface area contributed by atoms with Crippen molar-refractivity contribution in [2.75, 3.05) is 24.6 Å². The normalized spacial score (nSPS) is 9.76. The fraction of sp³-hybridized carbons (Fsp3) is 0.545. The van der Waals surface area contributed by atoms with Gasteiger partial charge in [0.05, 0.1) is 6.61 Å². The third-order valence-corrected chi connectivity index (χ3v) is 2.22. The van der Waals surface area contributed by atoms with Crippen molar-refractivity contribution in [3.63, 3.8) is 0 Å². The zero-order valence-corrected chi connectivity index (χ0v) is 10.2. The fourth-order valence-electron chi connectivity index (χ4n) is 1.39. The first-order valence-electron chi connectivity index (χ1n) is 5.50. The van der Waals surface area contributed by atoms with Gasteiger partial charge in [0, 0.05) is 13.1 Å². The zero-order valence-electron chi connectivity index (χ0n) is 10.2. The van der Waals surface area contributed by atoms with E-state index in [1.165, 1.54) is 0 Å². The Kier molecular flexibility index (Phi) is 4.52. The average Bonchev–Trinajstić information content (AvgIpc) is 2.75. The fourth-order valence-corrected chi connectivity index (χ4v) is 1.39. The molecule has 0 fully saturated rings. The number of nitriles is 1. The van der Waals surface area contributed by atoms with E-state index in [0.717, 1.165) is 0 Å². The lowest BCUT2D eigenvalue weighted by Gasteiger charge is -2.16. The molecule has 0 aliphatic rings. The molecule has 0 saturated heterocycles. The monoisotopic (exact) mass is 237 g/mol. The van der Waals surface area contributed by atoms with E-state index in [2.05, 4.69) is 4.98 Å². The quantitative estimate of drug-likeness (QED) is 0.723. The Morgan fingerprint density at radius 3 is 2.59 bits per heavy atom. The minimum atomic E-state index is -0.651. The van der Waals surface area contributed by atoms with Crippen molar-refractivity contribution in [1.82, 2.24) is 4.98 Å². The highest BCUT2D eigenvalue weighted by Crippen LogP contribution is 2.21. The first-order chi connectivity index (χ1) is 8.17. The van der Waals surface area contributed by atoms with Crippen LogP contribution in [0.1, 0.15) is 37.2 Å². The van der Waals surface area contributed by atoms with Crippen molar-refractivity contribution in [2.24, 2.45) is 0 Å². The number of esters is 1. The van der Waals surface area contributed by atoms with Gasteiger partial charge >= 0.3 is 11.9 Å². The second-order valence-electron chi connectivity index (χ2n) is 3.18. The van der Waals surface area contributed by atoms with Gasteiger partial charge in [-0.05, 0) is 20.8 Å². The van der Waals surface area contributed by atoms with Gasteiger partial charge < -0.3 is 14.1 Å². The number of nitrogens with zero attached hydrogens (tertiary/aromatic N) is 3. The molecule has 0 amide bonds. The van der Waals surface area contributed by atoms with E-state index in [1.807, 2.05) is 24.8 Å². The highest BCUT2D eigenvalue weighted by atomic mass is 16.5. The van der Waals surface area contributed by atoms with Crippen LogP contribution in [0.25, 0.3) is 0 Å². The van der Waals surface area contributed by atoms with E-state index < -0.39 is 5.97 Å². The minimum Gasteiger partial charge on any atom is -0.459 e. The summed E-state index contributed by atoms with van der Waals surface area (Å²) in [5.41, 5.74) is 0.108. The molecule has 0 spiro atoms. The summed E-state index contributed by atoms with van der Waals surface area (Å²) in [5.74, 6) is -0.506. The van der Waals surface area contributed by atoms with Crippen LogP contribution in [0.4, 0.5) is 5.88 Å². The van der Waals surface area contributed by atoms with E-state index in [4.69, 9.17) is 14.4 Å². The average molecular weight is 237 g/mol. The maximum absolute atomic E-state index is 11.4. The maximum Gasteiger partial charge on any atom is 0.394 e. The maximum atomic E-state index is 11.4. The standard InChI is InChI=1S/C11H15N3O3/c1-4-14(5-2)10-8(7-12)13-9(17-10)11(15)16-6-3/h4-6H2,1-3H3. The van der Waals surface area contributed by atoms with Gasteiger partial charge in [-0.3, -0.25) is 0 Å². The van der Waals surface area contributed by atoms with E-state index in [9.17, 15) is 4.79 Å².